The van der Waals surface area contributed by atoms with Crippen molar-refractivity contribution in [3.05, 3.63) is 58.6 Å². The maximum Gasteiger partial charge on any atom is 0.274 e. The lowest BCUT2D eigenvalue weighted by molar-refractivity contribution is 0.0835. The molecule has 29 heavy (non-hydrogen) atoms. The number of H-pyrrole nitrogens is 1. The topological polar surface area (TPSA) is 88.4 Å². The van der Waals surface area contributed by atoms with Crippen molar-refractivity contribution in [1.82, 2.24) is 29.2 Å². The van der Waals surface area contributed by atoms with Crippen molar-refractivity contribution in [2.75, 3.05) is 26.3 Å². The van der Waals surface area contributed by atoms with Gasteiger partial charge >= 0.3 is 0 Å². The first-order chi connectivity index (χ1) is 14.2. The summed E-state index contributed by atoms with van der Waals surface area (Å²) in [7, 11) is 0. The van der Waals surface area contributed by atoms with Gasteiger partial charge in [0.2, 0.25) is 0 Å². The predicted molar refractivity (Wildman–Crippen MR) is 108 cm³/mol. The third-order valence-electron chi connectivity index (χ3n) is 6.24. The first-order valence-electron chi connectivity index (χ1n) is 10.3. The molecule has 3 aromatic heterocycles. The summed E-state index contributed by atoms with van der Waals surface area (Å²) in [5, 5.41) is 0. The zero-order chi connectivity index (χ0) is 19.8. The van der Waals surface area contributed by atoms with Gasteiger partial charge in [0, 0.05) is 62.4 Å². The van der Waals surface area contributed by atoms with Gasteiger partial charge in [0.1, 0.15) is 17.2 Å². The third kappa shape index (κ3) is 3.58. The van der Waals surface area contributed by atoms with Gasteiger partial charge in [-0.25, -0.2) is 15.0 Å². The Kier molecular flexibility index (Phi) is 4.89. The van der Waals surface area contributed by atoms with Gasteiger partial charge in [-0.3, -0.25) is 14.1 Å². The maximum absolute atomic E-state index is 12.8. The van der Waals surface area contributed by atoms with Crippen LogP contribution in [0.5, 0.6) is 0 Å². The molecule has 2 aliphatic rings. The Hall–Kier alpha value is -2.58. The summed E-state index contributed by atoms with van der Waals surface area (Å²) in [5.41, 5.74) is 1.54. The fourth-order valence-corrected chi connectivity index (χ4v) is 4.70. The predicted octanol–water partition coefficient (Wildman–Crippen LogP) is 1.94. The van der Waals surface area contributed by atoms with Crippen LogP contribution >= 0.6 is 0 Å². The summed E-state index contributed by atoms with van der Waals surface area (Å²) in [4.78, 5) is 31.5. The van der Waals surface area contributed by atoms with Crippen LogP contribution in [0.4, 0.5) is 0 Å². The van der Waals surface area contributed by atoms with E-state index in [9.17, 15) is 4.79 Å². The van der Waals surface area contributed by atoms with Crippen LogP contribution in [0.25, 0.3) is 5.52 Å². The first kappa shape index (κ1) is 18.4. The average Bonchev–Trinajstić information content (AvgIpc) is 3.33. The van der Waals surface area contributed by atoms with Crippen molar-refractivity contribution in [2.45, 2.75) is 38.1 Å². The molecule has 0 radical (unpaired) electrons. The first-order valence-corrected chi connectivity index (χ1v) is 10.3. The van der Waals surface area contributed by atoms with Crippen molar-refractivity contribution >= 4 is 5.52 Å². The summed E-state index contributed by atoms with van der Waals surface area (Å²) in [5.74, 6) is 2.85. The van der Waals surface area contributed by atoms with Crippen LogP contribution in [0, 0.1) is 5.92 Å². The highest BCUT2D eigenvalue weighted by molar-refractivity contribution is 5.45. The normalized spacial score (nSPS) is 23.8. The maximum atomic E-state index is 12.8. The van der Waals surface area contributed by atoms with Crippen LogP contribution in [-0.2, 0) is 11.3 Å². The Morgan fingerprint density at radius 2 is 1.97 bits per heavy atom. The quantitative estimate of drug-likeness (QED) is 0.728. The van der Waals surface area contributed by atoms with E-state index in [1.165, 1.54) is 0 Å². The summed E-state index contributed by atoms with van der Waals surface area (Å²) in [6.07, 6.45) is 9.25. The number of likely N-dealkylation sites (tertiary alicyclic amines) is 1. The van der Waals surface area contributed by atoms with Gasteiger partial charge in [-0.15, -0.1) is 0 Å². The van der Waals surface area contributed by atoms with Crippen LogP contribution in [0.2, 0.25) is 0 Å². The molecule has 8 heteroatoms. The Morgan fingerprint density at radius 3 is 2.76 bits per heavy atom. The Morgan fingerprint density at radius 1 is 1.17 bits per heavy atom. The molecule has 0 bridgehead atoms. The zero-order valence-corrected chi connectivity index (χ0v) is 16.6. The largest absolute Gasteiger partial charge is 0.381 e. The van der Waals surface area contributed by atoms with E-state index in [1.54, 1.807) is 18.6 Å². The van der Waals surface area contributed by atoms with Crippen LogP contribution in [-0.4, -0.2) is 55.5 Å². The summed E-state index contributed by atoms with van der Waals surface area (Å²) >= 11 is 0. The molecule has 8 nitrogen and oxygen atoms in total. The smallest absolute Gasteiger partial charge is 0.274 e. The number of nitrogens with one attached hydrogen (secondary N) is 1. The molecule has 5 heterocycles. The lowest BCUT2D eigenvalue weighted by atomic mass is 9.95. The molecule has 2 unspecified atom stereocenters. The lowest BCUT2D eigenvalue weighted by Crippen LogP contribution is -2.22. The number of fused-ring (bicyclic) bond motifs is 1. The van der Waals surface area contributed by atoms with E-state index >= 15 is 0 Å². The number of hydrogen-bond acceptors (Lipinski definition) is 6. The van der Waals surface area contributed by atoms with Crippen molar-refractivity contribution in [3.63, 3.8) is 0 Å². The highest BCUT2D eigenvalue weighted by atomic mass is 16.5. The van der Waals surface area contributed by atoms with E-state index in [0.29, 0.717) is 17.4 Å². The van der Waals surface area contributed by atoms with Gasteiger partial charge < -0.3 is 9.72 Å². The molecular formula is C21H26N6O2. The van der Waals surface area contributed by atoms with Crippen molar-refractivity contribution in [1.29, 1.82) is 0 Å². The van der Waals surface area contributed by atoms with E-state index in [2.05, 4.69) is 38.0 Å². The number of rotatable bonds is 4. The lowest BCUT2D eigenvalue weighted by Gasteiger charge is -2.21. The van der Waals surface area contributed by atoms with Gasteiger partial charge in [-0.2, -0.15) is 0 Å². The molecule has 5 rings (SSSR count). The highest BCUT2D eigenvalue weighted by Gasteiger charge is 2.32. The molecule has 0 saturated carbocycles. The molecule has 1 N–H and O–H groups in total. The molecule has 152 valence electrons. The van der Waals surface area contributed by atoms with E-state index < -0.39 is 0 Å². The van der Waals surface area contributed by atoms with E-state index in [1.807, 2.05) is 10.5 Å². The molecule has 3 aromatic rings. The van der Waals surface area contributed by atoms with Gasteiger partial charge in [-0.1, -0.05) is 6.92 Å². The standard InChI is InChI=1S/C21H26N6O2/c1-14-10-26(13-19-22-5-2-6-23-19)11-16(14)17-12-27-18(21(28)25-17)9-24-20(27)15-3-7-29-8-4-15/h2,5-6,9,12,14-16H,3-4,7-8,10-11,13H2,1H3,(H,25,28). The number of nitrogens with zero attached hydrogens (tertiary/aromatic N) is 5. The van der Waals surface area contributed by atoms with E-state index in [0.717, 1.165) is 63.0 Å². The van der Waals surface area contributed by atoms with E-state index in [-0.39, 0.29) is 11.5 Å². The number of hydrogen-bond donors (Lipinski definition) is 1. The molecule has 0 amide bonds. The SMILES string of the molecule is CC1CN(Cc2ncccn2)CC1c1cn2c(C3CCOCC3)ncc2c(=O)[nH]1. The van der Waals surface area contributed by atoms with E-state index in [4.69, 9.17) is 4.74 Å². The molecule has 2 atom stereocenters. The van der Waals surface area contributed by atoms with Crippen LogP contribution in [0.3, 0.4) is 0 Å². The minimum atomic E-state index is -0.0645. The molecule has 0 spiro atoms. The summed E-state index contributed by atoms with van der Waals surface area (Å²) in [6.45, 7) is 6.32. The second-order valence-corrected chi connectivity index (χ2v) is 8.24. The minimum Gasteiger partial charge on any atom is -0.381 e. The number of aromatic nitrogens is 5. The number of ether oxygens (including phenoxy) is 1. The summed E-state index contributed by atoms with van der Waals surface area (Å²) in [6, 6.07) is 1.83. The molecule has 2 fully saturated rings. The van der Waals surface area contributed by atoms with Crippen LogP contribution < -0.4 is 5.56 Å². The van der Waals surface area contributed by atoms with Gasteiger partial charge in [0.15, 0.2) is 0 Å². The molecule has 2 aliphatic heterocycles. The Bertz CT molecular complexity index is 1040. The van der Waals surface area contributed by atoms with Crippen molar-refractivity contribution < 1.29 is 4.74 Å². The van der Waals surface area contributed by atoms with Gasteiger partial charge in [0.25, 0.3) is 5.56 Å². The Balaban J connectivity index is 1.43. The molecule has 2 saturated heterocycles. The van der Waals surface area contributed by atoms with Gasteiger partial charge in [-0.05, 0) is 24.8 Å². The fraction of sp³-hybridized carbons (Fsp3) is 0.524. The second kappa shape index (κ2) is 7.68. The van der Waals surface area contributed by atoms with Crippen LogP contribution in [0.15, 0.2) is 35.6 Å². The average molecular weight is 394 g/mol. The van der Waals surface area contributed by atoms with Gasteiger partial charge in [0.05, 0.1) is 12.7 Å². The Labute approximate surface area is 169 Å². The van der Waals surface area contributed by atoms with Crippen molar-refractivity contribution in [3.8, 4) is 0 Å². The molecular weight excluding hydrogens is 368 g/mol. The monoisotopic (exact) mass is 394 g/mol. The van der Waals surface area contributed by atoms with Crippen LogP contribution in [0.1, 0.15) is 48.9 Å². The molecule has 0 aliphatic carbocycles. The van der Waals surface area contributed by atoms with Crippen molar-refractivity contribution in [2.24, 2.45) is 5.92 Å². The summed E-state index contributed by atoms with van der Waals surface area (Å²) < 4.78 is 7.51. The third-order valence-corrected chi connectivity index (χ3v) is 6.24. The number of aromatic amines is 1. The fourth-order valence-electron chi connectivity index (χ4n) is 4.70. The molecule has 0 aromatic carbocycles. The number of imidazole rings is 1. The highest BCUT2D eigenvalue weighted by Crippen LogP contribution is 2.32. The second-order valence-electron chi connectivity index (χ2n) is 8.24. The minimum absolute atomic E-state index is 0.0645. The zero-order valence-electron chi connectivity index (χ0n) is 16.6.